The summed E-state index contributed by atoms with van der Waals surface area (Å²) < 4.78 is 0. The van der Waals surface area contributed by atoms with Crippen LogP contribution in [0, 0.1) is 5.92 Å². The van der Waals surface area contributed by atoms with E-state index in [0.29, 0.717) is 0 Å². The molecule has 0 radical (unpaired) electrons. The minimum absolute atomic E-state index is 0.744. The lowest BCUT2D eigenvalue weighted by Crippen LogP contribution is -2.19. The van der Waals surface area contributed by atoms with Crippen LogP contribution in [0.5, 0.6) is 0 Å². The summed E-state index contributed by atoms with van der Waals surface area (Å²) in [6.45, 7) is 2.42. The Hall–Kier alpha value is -1.81. The Morgan fingerprint density at radius 2 is 2.10 bits per heavy atom. The zero-order valence-electron chi connectivity index (χ0n) is 12.6. The first kappa shape index (κ1) is 14.1. The fraction of sp³-hybridized carbons (Fsp3) is 0.471. The lowest BCUT2D eigenvalue weighted by Gasteiger charge is -2.14. The Balaban J connectivity index is 1.64. The smallest absolute Gasteiger partial charge is 0.0945 e. The maximum absolute atomic E-state index is 4.41. The molecule has 0 spiro atoms. The van der Waals surface area contributed by atoms with Crippen LogP contribution in [0.4, 0.5) is 0 Å². The van der Waals surface area contributed by atoms with E-state index in [0.717, 1.165) is 29.3 Å². The summed E-state index contributed by atoms with van der Waals surface area (Å²) in [4.78, 5) is 6.55. The van der Waals surface area contributed by atoms with E-state index in [2.05, 4.69) is 39.3 Å². The first-order valence-corrected chi connectivity index (χ1v) is 7.73. The average Bonchev–Trinajstić information content (AvgIpc) is 2.74. The quantitative estimate of drug-likeness (QED) is 0.868. The summed E-state index contributed by atoms with van der Waals surface area (Å²) in [5, 5.41) is 8.76. The molecule has 0 aliphatic carbocycles. The van der Waals surface area contributed by atoms with E-state index in [1.807, 2.05) is 18.3 Å². The van der Waals surface area contributed by atoms with Gasteiger partial charge in [-0.25, -0.2) is 0 Å². The second-order valence-electron chi connectivity index (χ2n) is 5.96. The predicted molar refractivity (Wildman–Crippen MR) is 83.8 cm³/mol. The fourth-order valence-electron chi connectivity index (χ4n) is 2.95. The third kappa shape index (κ3) is 3.85. The molecule has 4 heteroatoms. The molecule has 1 aliphatic heterocycles. The molecule has 1 fully saturated rings. The third-order valence-electron chi connectivity index (χ3n) is 4.25. The number of nitrogens with zero attached hydrogens (tertiary/aromatic N) is 4. The number of likely N-dealkylation sites (tertiary alicyclic amines) is 1. The predicted octanol–water partition coefficient (Wildman–Crippen LogP) is 2.81. The molecule has 0 N–H and O–H groups in total. The maximum Gasteiger partial charge on any atom is 0.0945 e. The Bertz CT molecular complexity index is 553. The van der Waals surface area contributed by atoms with Crippen molar-refractivity contribution >= 4 is 0 Å². The lowest BCUT2D eigenvalue weighted by atomic mass is 9.95. The fourth-order valence-corrected chi connectivity index (χ4v) is 2.95. The molecule has 0 aromatic carbocycles. The Kier molecular flexibility index (Phi) is 4.55. The topological polar surface area (TPSA) is 41.9 Å². The van der Waals surface area contributed by atoms with E-state index in [-0.39, 0.29) is 0 Å². The molecule has 1 aliphatic rings. The van der Waals surface area contributed by atoms with Crippen molar-refractivity contribution in [2.24, 2.45) is 5.92 Å². The number of pyridine rings is 1. The van der Waals surface area contributed by atoms with Crippen molar-refractivity contribution in [3.63, 3.8) is 0 Å². The molecule has 0 bridgehead atoms. The molecule has 0 amide bonds. The monoisotopic (exact) mass is 282 g/mol. The highest BCUT2D eigenvalue weighted by atomic mass is 15.1. The van der Waals surface area contributed by atoms with Crippen LogP contribution in [0.25, 0.3) is 11.3 Å². The molecule has 21 heavy (non-hydrogen) atoms. The summed E-state index contributed by atoms with van der Waals surface area (Å²) in [5.74, 6) is 0.744. The van der Waals surface area contributed by atoms with Gasteiger partial charge in [0.15, 0.2) is 0 Å². The molecule has 2 aromatic rings. The second-order valence-corrected chi connectivity index (χ2v) is 5.96. The van der Waals surface area contributed by atoms with Crippen LogP contribution in [0.1, 0.15) is 25.0 Å². The van der Waals surface area contributed by atoms with Gasteiger partial charge in [0.05, 0.1) is 11.4 Å². The molecule has 1 unspecified atom stereocenters. The highest BCUT2D eigenvalue weighted by molar-refractivity contribution is 5.56. The van der Waals surface area contributed by atoms with Gasteiger partial charge < -0.3 is 4.90 Å². The summed E-state index contributed by atoms with van der Waals surface area (Å²) in [5.41, 5.74) is 3.03. The van der Waals surface area contributed by atoms with Gasteiger partial charge in [-0.15, -0.1) is 0 Å². The van der Waals surface area contributed by atoms with Crippen LogP contribution in [0.15, 0.2) is 36.7 Å². The summed E-state index contributed by atoms with van der Waals surface area (Å²) in [6, 6.07) is 8.11. The molecule has 1 atom stereocenters. The number of hydrogen-bond acceptors (Lipinski definition) is 4. The normalized spacial score (nSPS) is 20.1. The molecule has 1 saturated heterocycles. The van der Waals surface area contributed by atoms with Gasteiger partial charge in [-0.05, 0) is 76.0 Å². The molecule has 2 aromatic heterocycles. The van der Waals surface area contributed by atoms with Gasteiger partial charge in [0.1, 0.15) is 0 Å². The van der Waals surface area contributed by atoms with E-state index in [1.54, 1.807) is 6.20 Å². The molecule has 3 heterocycles. The van der Waals surface area contributed by atoms with Crippen molar-refractivity contribution in [1.29, 1.82) is 0 Å². The van der Waals surface area contributed by atoms with E-state index in [1.165, 1.54) is 32.4 Å². The van der Waals surface area contributed by atoms with Crippen LogP contribution in [0.2, 0.25) is 0 Å². The lowest BCUT2D eigenvalue weighted by molar-refractivity contribution is 0.341. The first-order chi connectivity index (χ1) is 10.3. The van der Waals surface area contributed by atoms with E-state index in [9.17, 15) is 0 Å². The van der Waals surface area contributed by atoms with Gasteiger partial charge in [-0.1, -0.05) is 0 Å². The van der Waals surface area contributed by atoms with Crippen LogP contribution in [-0.4, -0.2) is 40.2 Å². The summed E-state index contributed by atoms with van der Waals surface area (Å²) in [6.07, 6.45) is 8.51. The second kappa shape index (κ2) is 6.76. The summed E-state index contributed by atoms with van der Waals surface area (Å²) in [7, 11) is 2.21. The zero-order chi connectivity index (χ0) is 14.5. The van der Waals surface area contributed by atoms with Crippen molar-refractivity contribution in [2.45, 2.75) is 25.7 Å². The largest absolute Gasteiger partial charge is 0.306 e. The van der Waals surface area contributed by atoms with Gasteiger partial charge in [0, 0.05) is 18.0 Å². The van der Waals surface area contributed by atoms with Gasteiger partial charge in [0.2, 0.25) is 0 Å². The molecule has 110 valence electrons. The van der Waals surface area contributed by atoms with Crippen molar-refractivity contribution in [3.8, 4) is 11.3 Å². The molecular formula is C17H22N4. The van der Waals surface area contributed by atoms with Crippen LogP contribution in [-0.2, 0) is 6.42 Å². The SMILES string of the molecule is CN1CCCC(Cc2ccc(-c3cccnc3)nn2)CC1. The van der Waals surface area contributed by atoms with Crippen LogP contribution >= 0.6 is 0 Å². The number of rotatable bonds is 3. The zero-order valence-corrected chi connectivity index (χ0v) is 12.6. The van der Waals surface area contributed by atoms with Crippen LogP contribution in [0.3, 0.4) is 0 Å². The third-order valence-corrected chi connectivity index (χ3v) is 4.25. The van der Waals surface area contributed by atoms with Crippen molar-refractivity contribution in [1.82, 2.24) is 20.1 Å². The van der Waals surface area contributed by atoms with Gasteiger partial charge in [0.25, 0.3) is 0 Å². The molecule has 3 rings (SSSR count). The maximum atomic E-state index is 4.41. The van der Waals surface area contributed by atoms with E-state index >= 15 is 0 Å². The minimum atomic E-state index is 0.744. The number of hydrogen-bond donors (Lipinski definition) is 0. The first-order valence-electron chi connectivity index (χ1n) is 7.73. The van der Waals surface area contributed by atoms with Crippen molar-refractivity contribution < 1.29 is 0 Å². The van der Waals surface area contributed by atoms with Crippen molar-refractivity contribution in [2.75, 3.05) is 20.1 Å². The van der Waals surface area contributed by atoms with Gasteiger partial charge in [-0.2, -0.15) is 10.2 Å². The van der Waals surface area contributed by atoms with Crippen molar-refractivity contribution in [3.05, 3.63) is 42.4 Å². The van der Waals surface area contributed by atoms with Gasteiger partial charge in [-0.3, -0.25) is 4.98 Å². The van der Waals surface area contributed by atoms with E-state index in [4.69, 9.17) is 0 Å². The average molecular weight is 282 g/mol. The van der Waals surface area contributed by atoms with Gasteiger partial charge >= 0.3 is 0 Å². The van der Waals surface area contributed by atoms with E-state index < -0.39 is 0 Å². The highest BCUT2D eigenvalue weighted by Gasteiger charge is 2.16. The molecule has 0 saturated carbocycles. The Labute approximate surface area is 126 Å². The highest BCUT2D eigenvalue weighted by Crippen LogP contribution is 2.21. The Morgan fingerprint density at radius 3 is 2.86 bits per heavy atom. The summed E-state index contributed by atoms with van der Waals surface area (Å²) >= 11 is 0. The van der Waals surface area contributed by atoms with Crippen LogP contribution < -0.4 is 0 Å². The Morgan fingerprint density at radius 1 is 1.14 bits per heavy atom. The standard InChI is InChI=1S/C17H22N4/c1-21-10-3-4-14(8-11-21)12-16-6-7-17(20-19-16)15-5-2-9-18-13-15/h2,5-7,9,13-14H,3-4,8,10-12H2,1H3. The number of aromatic nitrogens is 3. The molecular weight excluding hydrogens is 260 g/mol. The minimum Gasteiger partial charge on any atom is -0.306 e. The molecule has 4 nitrogen and oxygen atoms in total.